The lowest BCUT2D eigenvalue weighted by Crippen LogP contribution is -2.32. The van der Waals surface area contributed by atoms with Crippen LogP contribution in [0, 0.1) is 0 Å². The van der Waals surface area contributed by atoms with Crippen LogP contribution in [0.25, 0.3) is 10.9 Å². The highest BCUT2D eigenvalue weighted by molar-refractivity contribution is 7.80. The van der Waals surface area contributed by atoms with Crippen LogP contribution in [0.1, 0.15) is 5.56 Å². The van der Waals surface area contributed by atoms with E-state index in [-0.39, 0.29) is 16.9 Å². The molecule has 0 saturated heterocycles. The summed E-state index contributed by atoms with van der Waals surface area (Å²) < 4.78 is 1.46. The molecule has 2 rings (SSSR count). The van der Waals surface area contributed by atoms with E-state index in [1.165, 1.54) is 10.8 Å². The molecule has 3 N–H and O–H groups in total. The van der Waals surface area contributed by atoms with E-state index >= 15 is 0 Å². The third-order valence-corrected chi connectivity index (χ3v) is 3.31. The minimum atomic E-state index is -0.341. The van der Waals surface area contributed by atoms with Crippen molar-refractivity contribution in [2.75, 3.05) is 6.54 Å². The fourth-order valence-electron chi connectivity index (χ4n) is 1.98. The molecule has 0 amide bonds. The van der Waals surface area contributed by atoms with E-state index in [2.05, 4.69) is 22.4 Å². The fourth-order valence-corrected chi connectivity index (χ4v) is 2.12. The van der Waals surface area contributed by atoms with Gasteiger partial charge < -0.3 is 15.0 Å². The fraction of sp³-hybridized carbons (Fsp3) is 0.133. The first-order valence-electron chi connectivity index (χ1n) is 6.54. The number of thiocarbonyl (C=S) groups is 1. The number of rotatable bonds is 4. The predicted octanol–water partition coefficient (Wildman–Crippen LogP) is 1.23. The first kappa shape index (κ1) is 15.7. The van der Waals surface area contributed by atoms with Gasteiger partial charge in [-0.25, -0.2) is 0 Å². The molecule has 7 heteroatoms. The van der Waals surface area contributed by atoms with Crippen molar-refractivity contribution < 1.29 is 5.11 Å². The maximum atomic E-state index is 12.3. The van der Waals surface area contributed by atoms with Crippen LogP contribution in [0.15, 0.2) is 46.8 Å². The van der Waals surface area contributed by atoms with Gasteiger partial charge >= 0.3 is 0 Å². The molecular weight excluding hydrogens is 300 g/mol. The largest absolute Gasteiger partial charge is 0.506 e. The molecule has 0 fully saturated rings. The van der Waals surface area contributed by atoms with Crippen molar-refractivity contribution in [3.8, 4) is 5.75 Å². The van der Waals surface area contributed by atoms with Crippen LogP contribution in [0.3, 0.4) is 0 Å². The average molecular weight is 316 g/mol. The Bertz CT molecular complexity index is 811. The Kier molecular flexibility index (Phi) is 4.90. The highest BCUT2D eigenvalue weighted by Crippen LogP contribution is 2.24. The van der Waals surface area contributed by atoms with E-state index in [0.29, 0.717) is 22.6 Å². The lowest BCUT2D eigenvalue weighted by molar-refractivity contribution is 0.478. The number of benzene rings is 1. The highest BCUT2D eigenvalue weighted by Gasteiger charge is 2.12. The maximum Gasteiger partial charge on any atom is 0.263 e. The number of nitrogens with one attached hydrogen (secondary N) is 2. The minimum absolute atomic E-state index is 0.0974. The second-order valence-electron chi connectivity index (χ2n) is 4.51. The summed E-state index contributed by atoms with van der Waals surface area (Å²) in [6.07, 6.45) is 2.91. The van der Waals surface area contributed by atoms with E-state index in [4.69, 9.17) is 12.2 Å². The molecule has 1 aromatic carbocycles. The number of aryl methyl sites for hydroxylation is 1. The van der Waals surface area contributed by atoms with Crippen molar-refractivity contribution in [1.82, 2.24) is 15.3 Å². The van der Waals surface area contributed by atoms with Crippen LogP contribution < -0.4 is 16.3 Å². The van der Waals surface area contributed by atoms with Gasteiger partial charge in [0.15, 0.2) is 5.11 Å². The van der Waals surface area contributed by atoms with E-state index in [0.717, 1.165) is 0 Å². The van der Waals surface area contributed by atoms with E-state index in [9.17, 15) is 9.90 Å². The number of hydrazone groups is 1. The van der Waals surface area contributed by atoms with Gasteiger partial charge in [-0.2, -0.15) is 5.10 Å². The van der Waals surface area contributed by atoms with Gasteiger partial charge in [0.05, 0.1) is 11.7 Å². The number of aromatic nitrogens is 1. The first-order valence-corrected chi connectivity index (χ1v) is 6.95. The van der Waals surface area contributed by atoms with Crippen molar-refractivity contribution in [2.45, 2.75) is 0 Å². The van der Waals surface area contributed by atoms with Crippen LogP contribution in [0.2, 0.25) is 0 Å². The van der Waals surface area contributed by atoms with Crippen molar-refractivity contribution in [3.63, 3.8) is 0 Å². The lowest BCUT2D eigenvalue weighted by Gasteiger charge is -2.09. The molecule has 1 aromatic heterocycles. The van der Waals surface area contributed by atoms with Crippen molar-refractivity contribution in [1.29, 1.82) is 0 Å². The normalized spacial score (nSPS) is 10.8. The average Bonchev–Trinajstić information content (AvgIpc) is 2.54. The van der Waals surface area contributed by atoms with Gasteiger partial charge in [-0.15, -0.1) is 6.58 Å². The maximum absolute atomic E-state index is 12.3. The number of aromatic hydroxyl groups is 1. The summed E-state index contributed by atoms with van der Waals surface area (Å²) in [7, 11) is 1.64. The zero-order chi connectivity index (χ0) is 16.1. The second kappa shape index (κ2) is 6.86. The van der Waals surface area contributed by atoms with Crippen LogP contribution in [0.5, 0.6) is 5.75 Å². The van der Waals surface area contributed by atoms with Gasteiger partial charge in [0, 0.05) is 19.0 Å². The van der Waals surface area contributed by atoms with E-state index in [1.54, 1.807) is 37.4 Å². The topological polar surface area (TPSA) is 78.7 Å². The Morgan fingerprint density at radius 3 is 2.95 bits per heavy atom. The molecule has 22 heavy (non-hydrogen) atoms. The van der Waals surface area contributed by atoms with Crippen molar-refractivity contribution >= 4 is 34.4 Å². The van der Waals surface area contributed by atoms with Crippen molar-refractivity contribution in [3.05, 3.63) is 52.8 Å². The molecule has 0 radical (unpaired) electrons. The molecule has 0 unspecified atom stereocenters. The standard InChI is InChI=1S/C15H16N4O2S/c1-3-8-16-15(22)18-17-9-11-13(20)10-6-4-5-7-12(10)19(2)14(11)21/h3-7,9,20H,1,8H2,2H3,(H2,16,18,22)/b17-9-. The summed E-state index contributed by atoms with van der Waals surface area (Å²) in [4.78, 5) is 12.3. The van der Waals surface area contributed by atoms with Gasteiger partial charge in [-0.05, 0) is 24.4 Å². The lowest BCUT2D eigenvalue weighted by atomic mass is 10.1. The second-order valence-corrected chi connectivity index (χ2v) is 4.92. The molecule has 0 aliphatic carbocycles. The molecule has 2 aromatic rings. The van der Waals surface area contributed by atoms with Crippen LogP contribution in [-0.2, 0) is 7.05 Å². The third kappa shape index (κ3) is 3.15. The quantitative estimate of drug-likeness (QED) is 0.342. The zero-order valence-electron chi connectivity index (χ0n) is 12.0. The summed E-state index contributed by atoms with van der Waals surface area (Å²) >= 11 is 4.97. The number of para-hydroxylation sites is 1. The Morgan fingerprint density at radius 2 is 2.23 bits per heavy atom. The number of hydrogen-bond donors (Lipinski definition) is 3. The monoisotopic (exact) mass is 316 g/mol. The number of fused-ring (bicyclic) bond motifs is 1. The molecule has 1 heterocycles. The zero-order valence-corrected chi connectivity index (χ0v) is 12.9. The Labute approximate surface area is 132 Å². The minimum Gasteiger partial charge on any atom is -0.506 e. The van der Waals surface area contributed by atoms with Crippen molar-refractivity contribution in [2.24, 2.45) is 12.1 Å². The summed E-state index contributed by atoms with van der Waals surface area (Å²) in [5.41, 5.74) is 2.98. The molecule has 0 aliphatic heterocycles. The molecule has 0 spiro atoms. The van der Waals surface area contributed by atoms with Gasteiger partial charge in [0.1, 0.15) is 11.3 Å². The Hall–Kier alpha value is -2.67. The van der Waals surface area contributed by atoms with Gasteiger partial charge in [-0.3, -0.25) is 10.2 Å². The van der Waals surface area contributed by atoms with E-state index < -0.39 is 0 Å². The highest BCUT2D eigenvalue weighted by atomic mass is 32.1. The summed E-state index contributed by atoms with van der Waals surface area (Å²) in [5.74, 6) is -0.103. The van der Waals surface area contributed by atoms with Crippen LogP contribution in [-0.4, -0.2) is 27.5 Å². The number of hydrogen-bond acceptors (Lipinski definition) is 4. The number of nitrogens with zero attached hydrogens (tertiary/aromatic N) is 2. The molecule has 0 aliphatic rings. The molecule has 6 nitrogen and oxygen atoms in total. The molecule has 114 valence electrons. The molecule has 0 atom stereocenters. The van der Waals surface area contributed by atoms with Gasteiger partial charge in [-0.1, -0.05) is 18.2 Å². The third-order valence-electron chi connectivity index (χ3n) is 3.08. The van der Waals surface area contributed by atoms with E-state index in [1.807, 2.05) is 0 Å². The predicted molar refractivity (Wildman–Crippen MR) is 92.4 cm³/mol. The van der Waals surface area contributed by atoms with Gasteiger partial charge in [0.25, 0.3) is 5.56 Å². The van der Waals surface area contributed by atoms with Crippen LogP contribution >= 0.6 is 12.2 Å². The Balaban J connectivity index is 2.34. The Morgan fingerprint density at radius 1 is 1.50 bits per heavy atom. The van der Waals surface area contributed by atoms with Gasteiger partial charge in [0.2, 0.25) is 0 Å². The number of pyridine rings is 1. The summed E-state index contributed by atoms with van der Waals surface area (Å²) in [5, 5.41) is 17.9. The first-order chi connectivity index (χ1) is 10.6. The SMILES string of the molecule is C=CCNC(=S)N/N=C\c1c(O)c2ccccc2n(C)c1=O. The molecule has 0 saturated carbocycles. The van der Waals surface area contributed by atoms with Crippen LogP contribution in [0.4, 0.5) is 0 Å². The molecule has 0 bridgehead atoms. The smallest absolute Gasteiger partial charge is 0.263 e. The summed E-state index contributed by atoms with van der Waals surface area (Å²) in [6, 6.07) is 7.11. The molecular formula is C15H16N4O2S. The summed E-state index contributed by atoms with van der Waals surface area (Å²) in [6.45, 7) is 4.06.